The maximum absolute atomic E-state index is 12.7. The normalized spacial score (nSPS) is 11.2. The molecule has 0 saturated heterocycles. The van der Waals surface area contributed by atoms with Crippen LogP contribution in [0, 0.1) is 0 Å². The quantitative estimate of drug-likeness (QED) is 0.196. The van der Waals surface area contributed by atoms with E-state index in [-0.39, 0.29) is 5.78 Å². The van der Waals surface area contributed by atoms with Gasteiger partial charge in [0.1, 0.15) is 0 Å². The minimum Gasteiger partial charge on any atom is -0.354 e. The van der Waals surface area contributed by atoms with Gasteiger partial charge in [0.25, 0.3) is 0 Å². The Balaban J connectivity index is 1.50. The SMILES string of the molecule is O=C(/C=C/c1ccccc1)c1cccc(Nc2c3ccccc3nc3ccccc23)c1. The fraction of sp³-hybridized carbons (Fsp3) is 0. The number of allylic oxidation sites excluding steroid dienone is 1. The topological polar surface area (TPSA) is 42.0 Å². The number of aromatic nitrogens is 1. The molecule has 0 aliphatic carbocycles. The molecule has 0 amide bonds. The molecular formula is C28H20N2O. The minimum absolute atomic E-state index is 0.0306. The Hall–Kier alpha value is -4.24. The van der Waals surface area contributed by atoms with E-state index in [9.17, 15) is 4.79 Å². The highest BCUT2D eigenvalue weighted by atomic mass is 16.1. The Labute approximate surface area is 180 Å². The van der Waals surface area contributed by atoms with Crippen molar-refractivity contribution in [1.82, 2.24) is 4.98 Å². The summed E-state index contributed by atoms with van der Waals surface area (Å²) in [5.41, 5.74) is 5.36. The van der Waals surface area contributed by atoms with Crippen molar-refractivity contribution < 1.29 is 4.79 Å². The third-order valence-corrected chi connectivity index (χ3v) is 5.23. The van der Waals surface area contributed by atoms with E-state index in [0.717, 1.165) is 38.7 Å². The highest BCUT2D eigenvalue weighted by Crippen LogP contribution is 2.33. The van der Waals surface area contributed by atoms with Gasteiger partial charge in [0.2, 0.25) is 0 Å². The Morgan fingerprint density at radius 1 is 0.710 bits per heavy atom. The van der Waals surface area contributed by atoms with E-state index in [1.165, 1.54) is 0 Å². The molecule has 4 aromatic carbocycles. The van der Waals surface area contributed by atoms with Crippen molar-refractivity contribution in [3.8, 4) is 0 Å². The molecule has 0 aliphatic heterocycles. The van der Waals surface area contributed by atoms with Crippen molar-refractivity contribution in [2.24, 2.45) is 0 Å². The average Bonchev–Trinajstić information content (AvgIpc) is 2.83. The number of nitrogens with zero attached hydrogens (tertiary/aromatic N) is 1. The first-order chi connectivity index (χ1) is 15.3. The number of ketones is 1. The first-order valence-electron chi connectivity index (χ1n) is 10.2. The van der Waals surface area contributed by atoms with Gasteiger partial charge in [-0.15, -0.1) is 0 Å². The Kier molecular flexibility index (Phi) is 4.99. The maximum Gasteiger partial charge on any atom is 0.185 e. The van der Waals surface area contributed by atoms with Gasteiger partial charge in [0.05, 0.1) is 16.7 Å². The van der Waals surface area contributed by atoms with Crippen LogP contribution in [-0.4, -0.2) is 10.8 Å². The zero-order valence-corrected chi connectivity index (χ0v) is 16.8. The predicted octanol–water partition coefficient (Wildman–Crippen LogP) is 7.03. The fourth-order valence-electron chi connectivity index (χ4n) is 3.70. The molecule has 148 valence electrons. The third-order valence-electron chi connectivity index (χ3n) is 5.23. The lowest BCUT2D eigenvalue weighted by molar-refractivity contribution is 0.104. The van der Waals surface area contributed by atoms with Crippen LogP contribution in [0.4, 0.5) is 11.4 Å². The Bertz CT molecular complexity index is 1370. The van der Waals surface area contributed by atoms with Crippen LogP contribution in [0.15, 0.2) is 109 Å². The molecular weight excluding hydrogens is 380 g/mol. The maximum atomic E-state index is 12.7. The van der Waals surface area contributed by atoms with Gasteiger partial charge in [-0.05, 0) is 35.9 Å². The number of anilines is 2. The molecule has 0 fully saturated rings. The van der Waals surface area contributed by atoms with Gasteiger partial charge in [-0.2, -0.15) is 0 Å². The van der Waals surface area contributed by atoms with Crippen molar-refractivity contribution in [3.63, 3.8) is 0 Å². The lowest BCUT2D eigenvalue weighted by atomic mass is 10.1. The Morgan fingerprint density at radius 2 is 1.35 bits per heavy atom. The van der Waals surface area contributed by atoms with Gasteiger partial charge in [0, 0.05) is 22.0 Å². The summed E-state index contributed by atoms with van der Waals surface area (Å²) in [6.45, 7) is 0. The lowest BCUT2D eigenvalue weighted by Crippen LogP contribution is -1.98. The Morgan fingerprint density at radius 3 is 2.06 bits per heavy atom. The van der Waals surface area contributed by atoms with E-state index in [1.54, 1.807) is 6.08 Å². The van der Waals surface area contributed by atoms with Gasteiger partial charge in [-0.3, -0.25) is 4.79 Å². The average molecular weight is 400 g/mol. The standard InChI is InChI=1S/C28H20N2O/c31-27(18-17-20-9-2-1-3-10-20)21-11-8-12-22(19-21)29-28-23-13-4-6-15-25(23)30-26-16-7-5-14-24(26)28/h1-19H,(H,29,30)/b18-17+. The van der Waals surface area contributed by atoms with E-state index in [1.807, 2.05) is 97.1 Å². The van der Waals surface area contributed by atoms with Gasteiger partial charge in [-0.25, -0.2) is 4.98 Å². The highest BCUT2D eigenvalue weighted by Gasteiger charge is 2.10. The molecule has 0 saturated carbocycles. The molecule has 5 aromatic rings. The van der Waals surface area contributed by atoms with Gasteiger partial charge in [0.15, 0.2) is 5.78 Å². The zero-order valence-electron chi connectivity index (χ0n) is 16.8. The molecule has 0 radical (unpaired) electrons. The molecule has 0 spiro atoms. The van der Waals surface area contributed by atoms with Crippen LogP contribution < -0.4 is 5.32 Å². The number of rotatable bonds is 5. The monoisotopic (exact) mass is 400 g/mol. The van der Waals surface area contributed by atoms with Gasteiger partial charge in [-0.1, -0.05) is 84.9 Å². The number of para-hydroxylation sites is 2. The molecule has 0 unspecified atom stereocenters. The summed E-state index contributed by atoms with van der Waals surface area (Å²) in [6, 6.07) is 33.6. The van der Waals surface area contributed by atoms with Crippen molar-refractivity contribution in [2.45, 2.75) is 0 Å². The molecule has 3 heteroatoms. The van der Waals surface area contributed by atoms with Crippen LogP contribution >= 0.6 is 0 Å². The van der Waals surface area contributed by atoms with Crippen LogP contribution in [0.2, 0.25) is 0 Å². The van der Waals surface area contributed by atoms with Crippen LogP contribution in [0.3, 0.4) is 0 Å². The van der Waals surface area contributed by atoms with Crippen LogP contribution in [0.25, 0.3) is 27.9 Å². The summed E-state index contributed by atoms with van der Waals surface area (Å²) < 4.78 is 0. The second-order valence-corrected chi connectivity index (χ2v) is 7.34. The fourth-order valence-corrected chi connectivity index (χ4v) is 3.70. The van der Waals surface area contributed by atoms with E-state index >= 15 is 0 Å². The van der Waals surface area contributed by atoms with Crippen molar-refractivity contribution in [2.75, 3.05) is 5.32 Å². The molecule has 0 bridgehead atoms. The minimum atomic E-state index is -0.0306. The zero-order chi connectivity index (χ0) is 21.0. The first-order valence-corrected chi connectivity index (χ1v) is 10.2. The van der Waals surface area contributed by atoms with Gasteiger partial charge < -0.3 is 5.32 Å². The van der Waals surface area contributed by atoms with Crippen LogP contribution in [0.1, 0.15) is 15.9 Å². The highest BCUT2D eigenvalue weighted by molar-refractivity contribution is 6.10. The molecule has 31 heavy (non-hydrogen) atoms. The number of carbonyl (C=O) groups excluding carboxylic acids is 1. The second-order valence-electron chi connectivity index (χ2n) is 7.34. The lowest BCUT2D eigenvalue weighted by Gasteiger charge is -2.13. The van der Waals surface area contributed by atoms with Crippen molar-refractivity contribution in [3.05, 3.63) is 120 Å². The summed E-state index contributed by atoms with van der Waals surface area (Å²) in [4.78, 5) is 17.5. The molecule has 0 atom stereocenters. The number of hydrogen-bond donors (Lipinski definition) is 1. The number of carbonyl (C=O) groups is 1. The molecule has 0 aliphatic rings. The summed E-state index contributed by atoms with van der Waals surface area (Å²) in [7, 11) is 0. The van der Waals surface area contributed by atoms with Crippen LogP contribution in [-0.2, 0) is 0 Å². The molecule has 1 aromatic heterocycles. The van der Waals surface area contributed by atoms with Gasteiger partial charge >= 0.3 is 0 Å². The predicted molar refractivity (Wildman–Crippen MR) is 129 cm³/mol. The van der Waals surface area contributed by atoms with E-state index in [4.69, 9.17) is 4.98 Å². The van der Waals surface area contributed by atoms with Crippen LogP contribution in [0.5, 0.6) is 0 Å². The number of pyridine rings is 1. The summed E-state index contributed by atoms with van der Waals surface area (Å²) in [5.74, 6) is -0.0306. The molecule has 5 rings (SSSR count). The number of nitrogens with one attached hydrogen (secondary N) is 1. The smallest absolute Gasteiger partial charge is 0.185 e. The molecule has 3 nitrogen and oxygen atoms in total. The number of hydrogen-bond acceptors (Lipinski definition) is 3. The number of benzene rings is 4. The molecule has 1 N–H and O–H groups in total. The van der Waals surface area contributed by atoms with E-state index in [2.05, 4.69) is 17.4 Å². The largest absolute Gasteiger partial charge is 0.354 e. The van der Waals surface area contributed by atoms with Crippen molar-refractivity contribution in [1.29, 1.82) is 0 Å². The summed E-state index contributed by atoms with van der Waals surface area (Å²) in [5, 5.41) is 5.63. The second kappa shape index (κ2) is 8.25. The van der Waals surface area contributed by atoms with E-state index in [0.29, 0.717) is 5.56 Å². The molecule has 1 heterocycles. The third kappa shape index (κ3) is 3.94. The van der Waals surface area contributed by atoms with Crippen molar-refractivity contribution >= 4 is 45.0 Å². The number of fused-ring (bicyclic) bond motifs is 2. The van der Waals surface area contributed by atoms with E-state index < -0.39 is 0 Å². The first kappa shape index (κ1) is 18.8. The summed E-state index contributed by atoms with van der Waals surface area (Å²) >= 11 is 0. The summed E-state index contributed by atoms with van der Waals surface area (Å²) in [6.07, 6.45) is 3.46.